The molecule has 25 heavy (non-hydrogen) atoms. The third kappa shape index (κ3) is 4.68. The lowest BCUT2D eigenvalue weighted by Gasteiger charge is -2.14. The van der Waals surface area contributed by atoms with Crippen LogP contribution in [0.15, 0.2) is 66.7 Å². The summed E-state index contributed by atoms with van der Waals surface area (Å²) in [5.41, 5.74) is 4.19. The van der Waals surface area contributed by atoms with Gasteiger partial charge in [-0.25, -0.2) is 0 Å². The van der Waals surface area contributed by atoms with E-state index in [2.05, 4.69) is 36.5 Å². The van der Waals surface area contributed by atoms with Crippen molar-refractivity contribution in [1.82, 2.24) is 0 Å². The lowest BCUT2D eigenvalue weighted by molar-refractivity contribution is 0.303. The zero-order valence-electron chi connectivity index (χ0n) is 13.9. The largest absolute Gasteiger partial charge is 0.488 e. The second kappa shape index (κ2) is 8.28. The molecule has 2 nitrogen and oxygen atoms in total. The fourth-order valence-electron chi connectivity index (χ4n) is 2.48. The molecule has 3 aromatic rings. The van der Waals surface area contributed by atoms with Crippen molar-refractivity contribution in [3.05, 3.63) is 93.5 Å². The Labute approximate surface area is 158 Å². The molecule has 0 fully saturated rings. The molecule has 0 atom stereocenters. The minimum absolute atomic E-state index is 0.333. The highest BCUT2D eigenvalue weighted by Gasteiger charge is 2.08. The fourth-order valence-corrected chi connectivity index (χ4v) is 2.99. The molecule has 4 heteroatoms. The Morgan fingerprint density at radius 2 is 1.52 bits per heavy atom. The predicted molar refractivity (Wildman–Crippen MR) is 106 cm³/mol. The van der Waals surface area contributed by atoms with E-state index in [1.165, 1.54) is 5.56 Å². The van der Waals surface area contributed by atoms with Gasteiger partial charge in [-0.2, -0.15) is 0 Å². The topological polar surface area (TPSA) is 21.3 Å². The van der Waals surface area contributed by atoms with Gasteiger partial charge < -0.3 is 10.1 Å². The Bertz CT molecular complexity index is 827. The minimum atomic E-state index is 0.333. The van der Waals surface area contributed by atoms with E-state index >= 15 is 0 Å². The molecule has 0 heterocycles. The average Bonchev–Trinajstić information content (AvgIpc) is 2.62. The summed E-state index contributed by atoms with van der Waals surface area (Å²) in [6, 6.07) is 21.7. The van der Waals surface area contributed by atoms with Gasteiger partial charge in [0.1, 0.15) is 12.4 Å². The van der Waals surface area contributed by atoms with E-state index < -0.39 is 0 Å². The maximum absolute atomic E-state index is 6.21. The van der Waals surface area contributed by atoms with Crippen LogP contribution in [0.3, 0.4) is 0 Å². The zero-order chi connectivity index (χ0) is 17.6. The van der Waals surface area contributed by atoms with Crippen molar-refractivity contribution in [2.75, 3.05) is 5.32 Å². The lowest BCUT2D eigenvalue weighted by atomic mass is 10.2. The van der Waals surface area contributed by atoms with Crippen molar-refractivity contribution in [2.45, 2.75) is 20.1 Å². The summed E-state index contributed by atoms with van der Waals surface area (Å²) < 4.78 is 5.98. The summed E-state index contributed by atoms with van der Waals surface area (Å²) in [4.78, 5) is 0. The predicted octanol–water partition coefficient (Wildman–Crippen LogP) is 6.49. The smallest absolute Gasteiger partial charge is 0.124 e. The van der Waals surface area contributed by atoms with Crippen molar-refractivity contribution in [3.63, 3.8) is 0 Å². The molecule has 0 aliphatic heterocycles. The Morgan fingerprint density at radius 1 is 0.840 bits per heavy atom. The standard InChI is InChI=1S/C21H19Cl2NO/c1-15-9-11-17(12-10-15)24-13-16-5-2-3-8-21(16)25-14-18-19(22)6-4-7-20(18)23/h2-12,24H,13-14H2,1H3. The monoisotopic (exact) mass is 371 g/mol. The lowest BCUT2D eigenvalue weighted by Crippen LogP contribution is -2.04. The second-order valence-electron chi connectivity index (χ2n) is 5.82. The number of aryl methyl sites for hydroxylation is 1. The van der Waals surface area contributed by atoms with Crippen LogP contribution in [0.2, 0.25) is 10.0 Å². The average molecular weight is 372 g/mol. The summed E-state index contributed by atoms with van der Waals surface area (Å²) in [6.45, 7) is 3.09. The van der Waals surface area contributed by atoms with Crippen molar-refractivity contribution in [2.24, 2.45) is 0 Å². The number of anilines is 1. The summed E-state index contributed by atoms with van der Waals surface area (Å²) in [6.07, 6.45) is 0. The summed E-state index contributed by atoms with van der Waals surface area (Å²) >= 11 is 12.4. The number of para-hydroxylation sites is 1. The molecule has 0 bridgehead atoms. The Morgan fingerprint density at radius 3 is 2.24 bits per heavy atom. The van der Waals surface area contributed by atoms with Gasteiger partial charge in [-0.1, -0.05) is 65.2 Å². The molecule has 3 rings (SSSR count). The maximum atomic E-state index is 6.21. The highest BCUT2D eigenvalue weighted by atomic mass is 35.5. The molecule has 0 radical (unpaired) electrons. The molecule has 0 spiro atoms. The van der Waals surface area contributed by atoms with E-state index in [-0.39, 0.29) is 0 Å². The molecule has 0 aliphatic rings. The highest BCUT2D eigenvalue weighted by molar-refractivity contribution is 6.35. The third-order valence-corrected chi connectivity index (χ3v) is 4.65. The van der Waals surface area contributed by atoms with Gasteiger partial charge in [-0.15, -0.1) is 0 Å². The molecule has 0 aliphatic carbocycles. The molecule has 0 amide bonds. The summed E-state index contributed by atoms with van der Waals surface area (Å²) in [5, 5.41) is 4.64. The van der Waals surface area contributed by atoms with Gasteiger partial charge in [0, 0.05) is 33.4 Å². The summed E-state index contributed by atoms with van der Waals surface area (Å²) in [5.74, 6) is 0.818. The van der Waals surface area contributed by atoms with E-state index in [1.54, 1.807) is 0 Å². The van der Waals surface area contributed by atoms with Gasteiger partial charge in [0.15, 0.2) is 0 Å². The molecule has 3 aromatic carbocycles. The van der Waals surface area contributed by atoms with Crippen LogP contribution < -0.4 is 10.1 Å². The molecule has 1 N–H and O–H groups in total. The first-order valence-corrected chi connectivity index (χ1v) is 8.83. The molecule has 0 aromatic heterocycles. The van der Waals surface area contributed by atoms with Gasteiger partial charge in [0.2, 0.25) is 0 Å². The van der Waals surface area contributed by atoms with Gasteiger partial charge in [0.05, 0.1) is 0 Å². The maximum Gasteiger partial charge on any atom is 0.124 e. The second-order valence-corrected chi connectivity index (χ2v) is 6.63. The van der Waals surface area contributed by atoms with Crippen molar-refractivity contribution < 1.29 is 4.74 Å². The number of benzene rings is 3. The van der Waals surface area contributed by atoms with Gasteiger partial charge >= 0.3 is 0 Å². The first-order valence-electron chi connectivity index (χ1n) is 8.07. The Kier molecular flexibility index (Phi) is 5.85. The fraction of sp³-hybridized carbons (Fsp3) is 0.143. The quantitative estimate of drug-likeness (QED) is 0.534. The van der Waals surface area contributed by atoms with E-state index in [0.717, 1.165) is 22.6 Å². The molecule has 0 saturated carbocycles. The minimum Gasteiger partial charge on any atom is -0.488 e. The van der Waals surface area contributed by atoms with Gasteiger partial charge in [0.25, 0.3) is 0 Å². The van der Waals surface area contributed by atoms with E-state index in [0.29, 0.717) is 23.2 Å². The van der Waals surface area contributed by atoms with Crippen LogP contribution in [-0.2, 0) is 13.2 Å². The Balaban J connectivity index is 1.69. The Hall–Kier alpha value is -2.16. The van der Waals surface area contributed by atoms with Gasteiger partial charge in [-0.05, 0) is 37.3 Å². The molecular formula is C21H19Cl2NO. The first-order chi connectivity index (χ1) is 12.1. The van der Waals surface area contributed by atoms with Crippen LogP contribution >= 0.6 is 23.2 Å². The number of halogens is 2. The van der Waals surface area contributed by atoms with Crippen LogP contribution in [0, 0.1) is 6.92 Å². The van der Waals surface area contributed by atoms with Crippen molar-refractivity contribution in [3.8, 4) is 5.75 Å². The van der Waals surface area contributed by atoms with E-state index in [9.17, 15) is 0 Å². The van der Waals surface area contributed by atoms with Gasteiger partial charge in [-0.3, -0.25) is 0 Å². The van der Waals surface area contributed by atoms with Crippen molar-refractivity contribution >= 4 is 28.9 Å². The number of hydrogen-bond acceptors (Lipinski definition) is 2. The zero-order valence-corrected chi connectivity index (χ0v) is 15.4. The SMILES string of the molecule is Cc1ccc(NCc2ccccc2OCc2c(Cl)cccc2Cl)cc1. The normalized spacial score (nSPS) is 10.5. The van der Waals surface area contributed by atoms with Crippen LogP contribution in [0.25, 0.3) is 0 Å². The van der Waals surface area contributed by atoms with E-state index in [1.807, 2.05) is 42.5 Å². The van der Waals surface area contributed by atoms with Crippen molar-refractivity contribution in [1.29, 1.82) is 0 Å². The first kappa shape index (κ1) is 17.7. The molecule has 0 unspecified atom stereocenters. The highest BCUT2D eigenvalue weighted by Crippen LogP contribution is 2.27. The third-order valence-electron chi connectivity index (χ3n) is 3.94. The molecule has 0 saturated heterocycles. The number of nitrogens with one attached hydrogen (secondary N) is 1. The number of ether oxygens (including phenoxy) is 1. The van der Waals surface area contributed by atoms with Crippen LogP contribution in [0.5, 0.6) is 5.75 Å². The summed E-state index contributed by atoms with van der Waals surface area (Å²) in [7, 11) is 0. The van der Waals surface area contributed by atoms with Crippen LogP contribution in [-0.4, -0.2) is 0 Å². The van der Waals surface area contributed by atoms with Crippen LogP contribution in [0.1, 0.15) is 16.7 Å². The number of rotatable bonds is 6. The van der Waals surface area contributed by atoms with Crippen LogP contribution in [0.4, 0.5) is 5.69 Å². The van der Waals surface area contributed by atoms with E-state index in [4.69, 9.17) is 27.9 Å². The number of hydrogen-bond donors (Lipinski definition) is 1. The molecule has 128 valence electrons. The molecular weight excluding hydrogens is 353 g/mol.